The Balaban J connectivity index is 1.91. The van der Waals surface area contributed by atoms with Gasteiger partial charge in [-0.3, -0.25) is 4.79 Å². The maximum absolute atomic E-state index is 10.6. The molecule has 0 bridgehead atoms. The van der Waals surface area contributed by atoms with Gasteiger partial charge in [-0.2, -0.15) is 0 Å². The average molecular weight is 343 g/mol. The molecule has 0 aliphatic carbocycles. The third-order valence-corrected chi connectivity index (χ3v) is 4.17. The van der Waals surface area contributed by atoms with Crippen molar-refractivity contribution in [1.82, 2.24) is 9.97 Å². The van der Waals surface area contributed by atoms with Crippen LogP contribution in [0.15, 0.2) is 47.6 Å². The lowest BCUT2D eigenvalue weighted by Crippen LogP contribution is -1.97. The Hall–Kier alpha value is -2.42. The van der Waals surface area contributed by atoms with Crippen LogP contribution >= 0.6 is 23.4 Å². The van der Waals surface area contributed by atoms with Gasteiger partial charge in [0.05, 0.1) is 21.8 Å². The average Bonchev–Trinajstić information content (AvgIpc) is 2.93. The highest BCUT2D eigenvalue weighted by Gasteiger charge is 2.08. The number of carbonyl (C=O) groups is 1. The first-order chi connectivity index (χ1) is 11.1. The van der Waals surface area contributed by atoms with Crippen molar-refractivity contribution in [2.24, 2.45) is 0 Å². The molecular formula is C17H11ClN2O2S. The molecule has 0 aliphatic rings. The minimum absolute atomic E-state index is 0.0474. The van der Waals surface area contributed by atoms with Crippen LogP contribution < -0.4 is 0 Å². The van der Waals surface area contributed by atoms with Gasteiger partial charge in [-0.25, -0.2) is 4.98 Å². The van der Waals surface area contributed by atoms with Gasteiger partial charge in [0.2, 0.25) is 0 Å². The number of carboxylic acid groups (broad SMARTS) is 1. The Morgan fingerprint density at radius 3 is 2.78 bits per heavy atom. The second-order valence-electron chi connectivity index (χ2n) is 4.69. The van der Waals surface area contributed by atoms with E-state index in [-0.39, 0.29) is 5.75 Å². The molecule has 0 atom stereocenters. The first kappa shape index (κ1) is 15.5. The first-order valence-electron chi connectivity index (χ1n) is 6.73. The van der Waals surface area contributed by atoms with Crippen LogP contribution in [0.2, 0.25) is 5.02 Å². The minimum atomic E-state index is -0.886. The number of aliphatic carboxylic acids is 1. The van der Waals surface area contributed by atoms with Gasteiger partial charge in [-0.1, -0.05) is 53.4 Å². The third-order valence-electron chi connectivity index (χ3n) is 3.00. The van der Waals surface area contributed by atoms with Crippen molar-refractivity contribution in [2.45, 2.75) is 5.16 Å². The molecule has 23 heavy (non-hydrogen) atoms. The summed E-state index contributed by atoms with van der Waals surface area (Å²) in [5.74, 6) is 5.17. The smallest absolute Gasteiger partial charge is 0.313 e. The van der Waals surface area contributed by atoms with Crippen LogP contribution in [0.4, 0.5) is 0 Å². The van der Waals surface area contributed by atoms with E-state index in [9.17, 15) is 4.79 Å². The van der Waals surface area contributed by atoms with E-state index in [1.165, 1.54) is 0 Å². The lowest BCUT2D eigenvalue weighted by molar-refractivity contribution is -0.133. The van der Waals surface area contributed by atoms with E-state index in [2.05, 4.69) is 21.8 Å². The van der Waals surface area contributed by atoms with Gasteiger partial charge >= 0.3 is 5.97 Å². The molecular weight excluding hydrogens is 332 g/mol. The number of aromatic amines is 1. The molecule has 2 N–H and O–H groups in total. The second kappa shape index (κ2) is 6.78. The highest BCUT2D eigenvalue weighted by molar-refractivity contribution is 7.99. The first-order valence-corrected chi connectivity index (χ1v) is 8.09. The normalized spacial score (nSPS) is 10.3. The SMILES string of the molecule is O=C(O)CSc1nc2cc(C#Cc3ccccc3)c(Cl)cc2[nH]1. The molecule has 0 spiro atoms. The Morgan fingerprint density at radius 2 is 2.04 bits per heavy atom. The molecule has 0 saturated carbocycles. The quantitative estimate of drug-likeness (QED) is 0.561. The summed E-state index contributed by atoms with van der Waals surface area (Å²) in [6, 6.07) is 13.2. The van der Waals surface area contributed by atoms with Gasteiger partial charge < -0.3 is 10.1 Å². The van der Waals surface area contributed by atoms with E-state index in [1.54, 1.807) is 12.1 Å². The van der Waals surface area contributed by atoms with E-state index in [0.717, 1.165) is 22.8 Å². The number of nitrogens with zero attached hydrogens (tertiary/aromatic N) is 1. The second-order valence-corrected chi connectivity index (χ2v) is 6.06. The lowest BCUT2D eigenvalue weighted by Gasteiger charge is -1.95. The molecule has 0 saturated heterocycles. The molecule has 6 heteroatoms. The summed E-state index contributed by atoms with van der Waals surface area (Å²) in [7, 11) is 0. The van der Waals surface area contributed by atoms with E-state index < -0.39 is 5.97 Å². The van der Waals surface area contributed by atoms with Gasteiger partial charge in [-0.05, 0) is 24.3 Å². The molecule has 4 nitrogen and oxygen atoms in total. The van der Waals surface area contributed by atoms with Crippen molar-refractivity contribution in [3.8, 4) is 11.8 Å². The van der Waals surface area contributed by atoms with Crippen LogP contribution in [0.25, 0.3) is 11.0 Å². The molecule has 3 rings (SSSR count). The number of rotatable bonds is 3. The van der Waals surface area contributed by atoms with Crippen molar-refractivity contribution in [3.63, 3.8) is 0 Å². The number of aromatic nitrogens is 2. The topological polar surface area (TPSA) is 66.0 Å². The van der Waals surface area contributed by atoms with Crippen molar-refractivity contribution < 1.29 is 9.90 Å². The van der Waals surface area contributed by atoms with Gasteiger partial charge in [0, 0.05) is 11.1 Å². The van der Waals surface area contributed by atoms with Gasteiger partial charge in [0.25, 0.3) is 0 Å². The highest BCUT2D eigenvalue weighted by atomic mass is 35.5. The summed E-state index contributed by atoms with van der Waals surface area (Å²) in [5.41, 5.74) is 3.06. The van der Waals surface area contributed by atoms with Crippen molar-refractivity contribution in [3.05, 3.63) is 58.6 Å². The summed E-state index contributed by atoms with van der Waals surface area (Å²) >= 11 is 7.39. The number of nitrogens with one attached hydrogen (secondary N) is 1. The minimum Gasteiger partial charge on any atom is -0.481 e. The summed E-state index contributed by atoms with van der Waals surface area (Å²) in [6.45, 7) is 0. The summed E-state index contributed by atoms with van der Waals surface area (Å²) in [6.07, 6.45) is 0. The molecule has 1 heterocycles. The fraction of sp³-hybridized carbons (Fsp3) is 0.0588. The fourth-order valence-corrected chi connectivity index (χ4v) is 2.78. The number of imidazole rings is 1. The molecule has 0 aliphatic heterocycles. The van der Waals surface area contributed by atoms with Crippen molar-refractivity contribution in [2.75, 3.05) is 5.75 Å². The zero-order valence-electron chi connectivity index (χ0n) is 11.8. The van der Waals surface area contributed by atoms with E-state index in [0.29, 0.717) is 21.3 Å². The molecule has 0 fully saturated rings. The Morgan fingerprint density at radius 1 is 1.26 bits per heavy atom. The zero-order valence-corrected chi connectivity index (χ0v) is 13.4. The van der Waals surface area contributed by atoms with Crippen LogP contribution in [0.1, 0.15) is 11.1 Å². The molecule has 114 valence electrons. The number of hydrogen-bond donors (Lipinski definition) is 2. The number of H-pyrrole nitrogens is 1. The Labute approximate surface area is 141 Å². The molecule has 1 aromatic heterocycles. The maximum Gasteiger partial charge on any atom is 0.313 e. The molecule has 3 aromatic rings. The zero-order chi connectivity index (χ0) is 16.2. The van der Waals surface area contributed by atoms with Gasteiger partial charge in [0.15, 0.2) is 5.16 Å². The number of fused-ring (bicyclic) bond motifs is 1. The Bertz CT molecular complexity index is 926. The fourth-order valence-electron chi connectivity index (χ4n) is 1.96. The molecule has 0 radical (unpaired) electrons. The van der Waals surface area contributed by atoms with Crippen LogP contribution in [0.5, 0.6) is 0 Å². The lowest BCUT2D eigenvalue weighted by atomic mass is 10.1. The predicted octanol–water partition coefficient (Wildman–Crippen LogP) is 3.79. The summed E-state index contributed by atoms with van der Waals surface area (Å²) in [4.78, 5) is 18.0. The van der Waals surface area contributed by atoms with Gasteiger partial charge in [0.1, 0.15) is 0 Å². The number of thioether (sulfide) groups is 1. The van der Waals surface area contributed by atoms with E-state index in [1.807, 2.05) is 30.3 Å². The summed E-state index contributed by atoms with van der Waals surface area (Å²) in [5, 5.41) is 9.79. The van der Waals surface area contributed by atoms with E-state index >= 15 is 0 Å². The van der Waals surface area contributed by atoms with Crippen LogP contribution in [-0.4, -0.2) is 26.8 Å². The largest absolute Gasteiger partial charge is 0.481 e. The van der Waals surface area contributed by atoms with Crippen LogP contribution in [0.3, 0.4) is 0 Å². The number of benzene rings is 2. The van der Waals surface area contributed by atoms with Crippen LogP contribution in [0, 0.1) is 11.8 Å². The standard InChI is InChI=1S/C17H11ClN2O2S/c18-13-9-15-14(19-17(20-15)23-10-16(21)22)8-12(13)7-6-11-4-2-1-3-5-11/h1-5,8-9H,10H2,(H,19,20)(H,21,22). The Kier molecular flexibility index (Phi) is 4.56. The molecule has 0 unspecified atom stereocenters. The summed E-state index contributed by atoms with van der Waals surface area (Å²) < 4.78 is 0. The number of carboxylic acids is 1. The predicted molar refractivity (Wildman–Crippen MR) is 91.9 cm³/mol. The number of halogens is 1. The maximum atomic E-state index is 10.6. The molecule has 2 aromatic carbocycles. The van der Waals surface area contributed by atoms with Gasteiger partial charge in [-0.15, -0.1) is 0 Å². The van der Waals surface area contributed by atoms with Crippen LogP contribution in [-0.2, 0) is 4.79 Å². The van der Waals surface area contributed by atoms with E-state index in [4.69, 9.17) is 16.7 Å². The van der Waals surface area contributed by atoms with Crippen molar-refractivity contribution >= 4 is 40.4 Å². The molecule has 0 amide bonds. The highest BCUT2D eigenvalue weighted by Crippen LogP contribution is 2.25. The monoisotopic (exact) mass is 342 g/mol. The number of hydrogen-bond acceptors (Lipinski definition) is 3. The van der Waals surface area contributed by atoms with Crippen molar-refractivity contribution in [1.29, 1.82) is 0 Å². The third kappa shape index (κ3) is 3.86.